The number of carbonyl (C=O) groups is 1. The predicted octanol–water partition coefficient (Wildman–Crippen LogP) is 3.93. The number of amides is 2. The summed E-state index contributed by atoms with van der Waals surface area (Å²) in [6, 6.07) is 17.8. The molecule has 2 aromatic carbocycles. The number of nitrogens with one attached hydrogen (secondary N) is 2. The molecule has 0 aliphatic carbocycles. The number of rotatable bonds is 10. The highest BCUT2D eigenvalue weighted by Crippen LogP contribution is 2.33. The van der Waals surface area contributed by atoms with Crippen molar-refractivity contribution in [3.63, 3.8) is 0 Å². The van der Waals surface area contributed by atoms with Crippen LogP contribution < -0.4 is 10.6 Å². The van der Waals surface area contributed by atoms with E-state index in [1.54, 1.807) is 23.9 Å². The van der Waals surface area contributed by atoms with Crippen molar-refractivity contribution in [3.05, 3.63) is 95.1 Å². The van der Waals surface area contributed by atoms with Crippen molar-refractivity contribution in [3.8, 4) is 16.9 Å². The Balaban J connectivity index is 1.27. The molecule has 1 fully saturated rings. The first-order valence-corrected chi connectivity index (χ1v) is 14.9. The molecule has 4 aromatic rings. The summed E-state index contributed by atoms with van der Waals surface area (Å²) >= 11 is 0. The molecule has 2 atom stereocenters. The number of ether oxygens (including phenoxy) is 1. The zero-order valence-corrected chi connectivity index (χ0v) is 25.0. The number of benzene rings is 2. The quantitative estimate of drug-likeness (QED) is 0.254. The molecular formula is C33H38FN7O3. The van der Waals surface area contributed by atoms with Gasteiger partial charge in [-0.2, -0.15) is 5.10 Å². The van der Waals surface area contributed by atoms with Crippen LogP contribution in [-0.4, -0.2) is 88.2 Å². The largest absolute Gasteiger partial charge is 0.395 e. The topological polar surface area (TPSA) is 108 Å². The number of nitrogens with zero attached hydrogens (tertiary/aromatic N) is 5. The van der Waals surface area contributed by atoms with Gasteiger partial charge in [-0.15, -0.1) is 0 Å². The van der Waals surface area contributed by atoms with Crippen molar-refractivity contribution >= 4 is 11.8 Å². The number of aliphatic hydroxyl groups is 1. The van der Waals surface area contributed by atoms with Gasteiger partial charge in [-0.05, 0) is 48.4 Å². The van der Waals surface area contributed by atoms with Crippen LogP contribution in [0.3, 0.4) is 0 Å². The fraction of sp³-hybridized carbons (Fsp3) is 0.364. The van der Waals surface area contributed by atoms with E-state index in [0.29, 0.717) is 38.6 Å². The lowest BCUT2D eigenvalue weighted by molar-refractivity contribution is 0.159. The summed E-state index contributed by atoms with van der Waals surface area (Å²) < 4.78 is 21.2. The Morgan fingerprint density at radius 1 is 1.07 bits per heavy atom. The summed E-state index contributed by atoms with van der Waals surface area (Å²) in [7, 11) is 1.67. The number of β-amino-alcohol motifs (C(OH)–C–C–N with tert-alkyl or cyclic N) is 1. The molecule has 0 radical (unpaired) electrons. The van der Waals surface area contributed by atoms with E-state index in [4.69, 9.17) is 14.8 Å². The number of aromatic nitrogens is 3. The maximum Gasteiger partial charge on any atom is 0.320 e. The van der Waals surface area contributed by atoms with E-state index in [9.17, 15) is 14.3 Å². The lowest BCUT2D eigenvalue weighted by Crippen LogP contribution is -2.42. The van der Waals surface area contributed by atoms with Crippen LogP contribution in [0.1, 0.15) is 28.3 Å². The normalized spacial score (nSPS) is 18.5. The van der Waals surface area contributed by atoms with Gasteiger partial charge in [0.15, 0.2) is 0 Å². The molecule has 6 rings (SSSR count). The van der Waals surface area contributed by atoms with Gasteiger partial charge in [-0.3, -0.25) is 20.1 Å². The number of likely N-dealkylation sites (tertiary alicyclic amines) is 1. The molecule has 11 heteroatoms. The molecule has 2 aliphatic heterocycles. The van der Waals surface area contributed by atoms with Gasteiger partial charge in [0.25, 0.3) is 0 Å². The molecule has 4 heterocycles. The fourth-order valence-corrected chi connectivity index (χ4v) is 6.25. The number of para-hydroxylation sites is 1. The van der Waals surface area contributed by atoms with E-state index in [-0.39, 0.29) is 30.4 Å². The maximum absolute atomic E-state index is 14.2. The number of carbonyl (C=O) groups excluding carboxylic acids is 1. The monoisotopic (exact) mass is 599 g/mol. The van der Waals surface area contributed by atoms with E-state index >= 15 is 0 Å². The van der Waals surface area contributed by atoms with Crippen LogP contribution in [0.25, 0.3) is 16.9 Å². The number of hydrogen-bond donors (Lipinski definition) is 3. The molecule has 0 unspecified atom stereocenters. The van der Waals surface area contributed by atoms with E-state index in [1.165, 1.54) is 6.07 Å². The summed E-state index contributed by atoms with van der Waals surface area (Å²) in [5, 5.41) is 20.6. The number of methoxy groups -OCH3 is 1. The van der Waals surface area contributed by atoms with Crippen molar-refractivity contribution in [1.82, 2.24) is 29.9 Å². The molecule has 2 amide bonds. The van der Waals surface area contributed by atoms with Crippen LogP contribution in [0, 0.1) is 12.7 Å². The van der Waals surface area contributed by atoms with Gasteiger partial charge in [0.05, 0.1) is 36.3 Å². The number of pyridine rings is 1. The van der Waals surface area contributed by atoms with Crippen LogP contribution in [0.5, 0.6) is 0 Å². The summed E-state index contributed by atoms with van der Waals surface area (Å²) in [5.74, 6) is 0.188. The van der Waals surface area contributed by atoms with Gasteiger partial charge in [0.2, 0.25) is 0 Å². The van der Waals surface area contributed by atoms with Gasteiger partial charge in [-0.25, -0.2) is 13.9 Å². The van der Waals surface area contributed by atoms with E-state index in [1.807, 2.05) is 49.5 Å². The van der Waals surface area contributed by atoms with Gasteiger partial charge in [-0.1, -0.05) is 30.3 Å². The maximum atomic E-state index is 14.2. The molecule has 0 bridgehead atoms. The molecule has 2 aliphatic rings. The summed E-state index contributed by atoms with van der Waals surface area (Å²) in [5.41, 5.74) is 6.17. The second kappa shape index (κ2) is 13.2. The molecule has 1 saturated heterocycles. The summed E-state index contributed by atoms with van der Waals surface area (Å²) in [4.78, 5) is 22.7. The Bertz CT molecular complexity index is 1610. The Morgan fingerprint density at radius 3 is 2.68 bits per heavy atom. The van der Waals surface area contributed by atoms with Crippen molar-refractivity contribution < 1.29 is 19.0 Å². The van der Waals surface area contributed by atoms with E-state index in [2.05, 4.69) is 26.5 Å². The van der Waals surface area contributed by atoms with Gasteiger partial charge < -0.3 is 15.2 Å². The van der Waals surface area contributed by atoms with Crippen molar-refractivity contribution in [2.75, 3.05) is 51.8 Å². The van der Waals surface area contributed by atoms with Crippen molar-refractivity contribution in [2.24, 2.45) is 0 Å². The SMILES string of the molecule is COCCN1C[C@@H](NC(=O)Nc2c(C)c(-c3cnc4c(c3)CN(CCO)C4)nn2-c2ccccc2)[C@H](c2cccc(F)c2)C1. The minimum atomic E-state index is -0.358. The molecule has 3 N–H and O–H groups in total. The molecule has 0 saturated carbocycles. The van der Waals surface area contributed by atoms with Gasteiger partial charge in [0, 0.05) is 69.6 Å². The minimum Gasteiger partial charge on any atom is -0.395 e. The Morgan fingerprint density at radius 2 is 1.91 bits per heavy atom. The highest BCUT2D eigenvalue weighted by Gasteiger charge is 2.35. The smallest absolute Gasteiger partial charge is 0.320 e. The minimum absolute atomic E-state index is 0.0770. The highest BCUT2D eigenvalue weighted by molar-refractivity contribution is 5.91. The van der Waals surface area contributed by atoms with Crippen molar-refractivity contribution in [2.45, 2.75) is 32.0 Å². The second-order valence-corrected chi connectivity index (χ2v) is 11.5. The van der Waals surface area contributed by atoms with Crippen LogP contribution >= 0.6 is 0 Å². The van der Waals surface area contributed by atoms with Gasteiger partial charge in [0.1, 0.15) is 11.6 Å². The zero-order valence-electron chi connectivity index (χ0n) is 25.0. The Kier molecular flexibility index (Phi) is 8.99. The van der Waals surface area contributed by atoms with E-state index in [0.717, 1.165) is 52.4 Å². The molecule has 10 nitrogen and oxygen atoms in total. The predicted molar refractivity (Wildman–Crippen MR) is 166 cm³/mol. The third-order valence-corrected chi connectivity index (χ3v) is 8.47. The summed E-state index contributed by atoms with van der Waals surface area (Å²) in [6.45, 7) is 6.68. The number of hydrogen-bond acceptors (Lipinski definition) is 7. The second-order valence-electron chi connectivity index (χ2n) is 11.5. The molecule has 2 aromatic heterocycles. The number of halogens is 1. The third-order valence-electron chi connectivity index (χ3n) is 8.47. The number of anilines is 1. The van der Waals surface area contributed by atoms with E-state index < -0.39 is 0 Å². The Labute approximate surface area is 256 Å². The van der Waals surface area contributed by atoms with Gasteiger partial charge >= 0.3 is 6.03 Å². The average Bonchev–Trinajstić information content (AvgIpc) is 3.71. The fourth-order valence-electron chi connectivity index (χ4n) is 6.25. The first-order valence-electron chi connectivity index (χ1n) is 14.9. The van der Waals surface area contributed by atoms with Crippen LogP contribution in [0.15, 0.2) is 66.9 Å². The van der Waals surface area contributed by atoms with Crippen LogP contribution in [0.2, 0.25) is 0 Å². The zero-order chi connectivity index (χ0) is 30.6. The highest BCUT2D eigenvalue weighted by atomic mass is 19.1. The lowest BCUT2D eigenvalue weighted by Gasteiger charge is -2.21. The van der Waals surface area contributed by atoms with Crippen LogP contribution in [-0.2, 0) is 17.8 Å². The molecule has 230 valence electrons. The third kappa shape index (κ3) is 6.36. The molecular weight excluding hydrogens is 561 g/mol. The first-order chi connectivity index (χ1) is 21.4. The molecule has 44 heavy (non-hydrogen) atoms. The number of fused-ring (bicyclic) bond motifs is 1. The standard InChI is InChI=1S/C33H38FN7O3/c1-22-31(24-15-25-18-39(11-13-42)20-29(25)35-17-24)38-41(27-9-4-3-5-10-27)32(22)37-33(43)36-30-21-40(12-14-44-2)19-28(30)23-7-6-8-26(34)16-23/h3-10,15-17,28,30,42H,11-14,18-21H2,1-2H3,(H2,36,37,43)/t28-,30+/m0/s1. The summed E-state index contributed by atoms with van der Waals surface area (Å²) in [6.07, 6.45) is 1.83. The first kappa shape index (κ1) is 29.9. The number of urea groups is 1. The average molecular weight is 600 g/mol. The Hall–Kier alpha value is -4.16. The molecule has 0 spiro atoms. The lowest BCUT2D eigenvalue weighted by atomic mass is 9.94. The van der Waals surface area contributed by atoms with Crippen LogP contribution in [0.4, 0.5) is 15.0 Å². The van der Waals surface area contributed by atoms with Crippen molar-refractivity contribution in [1.29, 1.82) is 0 Å². The number of aliphatic hydroxyl groups excluding tert-OH is 1.